The van der Waals surface area contributed by atoms with Crippen molar-refractivity contribution < 1.29 is 8.83 Å². The second-order valence-corrected chi connectivity index (χ2v) is 14.5. The van der Waals surface area contributed by atoms with Crippen molar-refractivity contribution in [3.05, 3.63) is 188 Å². The van der Waals surface area contributed by atoms with Crippen molar-refractivity contribution in [3.63, 3.8) is 0 Å². The molecule has 0 saturated heterocycles. The normalized spacial score (nSPS) is 11.9. The van der Waals surface area contributed by atoms with Crippen molar-refractivity contribution in [3.8, 4) is 50.7 Å². The first-order chi connectivity index (χ1) is 28.2. The molecule has 0 atom stereocenters. The van der Waals surface area contributed by atoms with Crippen LogP contribution in [-0.2, 0) is 0 Å². The minimum atomic E-state index is 0.608. The monoisotopic (exact) mass is 729 g/mol. The Kier molecular flexibility index (Phi) is 6.86. The van der Waals surface area contributed by atoms with Crippen LogP contribution in [0.3, 0.4) is 0 Å². The standard InChI is InChI=1S/C52H31N3O2/c1-3-12-32(13-4-1)33-22-24-34(25-23-33)44-31-45(54-52(53-44)35-26-27-39-38-17-8-10-21-47(38)56-48(39)30-35)43-19-11-18-41-42-29-28-40-37-16-7-9-20-46(37)55(36-14-5-2-6-15-36)49(40)51(42)57-50(41)43/h1-31H. The van der Waals surface area contributed by atoms with Crippen molar-refractivity contribution in [1.29, 1.82) is 0 Å². The van der Waals surface area contributed by atoms with Crippen molar-refractivity contribution >= 4 is 65.7 Å². The largest absolute Gasteiger partial charge is 0.456 e. The lowest BCUT2D eigenvalue weighted by atomic mass is 10.0. The van der Waals surface area contributed by atoms with Crippen LogP contribution in [0.4, 0.5) is 0 Å². The molecule has 266 valence electrons. The molecule has 0 aliphatic carbocycles. The van der Waals surface area contributed by atoms with Gasteiger partial charge in [0.25, 0.3) is 0 Å². The second kappa shape index (κ2) is 12.4. The van der Waals surface area contributed by atoms with E-state index < -0.39 is 0 Å². The van der Waals surface area contributed by atoms with E-state index in [9.17, 15) is 0 Å². The Labute approximate surface area is 326 Å². The molecular weight excluding hydrogens is 699 g/mol. The molecule has 0 bridgehead atoms. The fraction of sp³-hybridized carbons (Fsp3) is 0. The molecule has 8 aromatic carbocycles. The lowest BCUT2D eigenvalue weighted by molar-refractivity contribution is 0.669. The van der Waals surface area contributed by atoms with E-state index in [0.29, 0.717) is 5.82 Å². The van der Waals surface area contributed by atoms with Gasteiger partial charge < -0.3 is 13.4 Å². The first-order valence-corrected chi connectivity index (χ1v) is 19.1. The summed E-state index contributed by atoms with van der Waals surface area (Å²) >= 11 is 0. The number of para-hydroxylation sites is 4. The van der Waals surface area contributed by atoms with Crippen LogP contribution in [0.25, 0.3) is 116 Å². The molecular formula is C52H31N3O2. The Bertz CT molecular complexity index is 3500. The number of furan rings is 2. The van der Waals surface area contributed by atoms with Crippen molar-refractivity contribution in [2.75, 3.05) is 0 Å². The van der Waals surface area contributed by atoms with Crippen molar-refractivity contribution in [1.82, 2.24) is 14.5 Å². The van der Waals surface area contributed by atoms with E-state index in [-0.39, 0.29) is 0 Å². The number of aromatic nitrogens is 3. The average molecular weight is 730 g/mol. The van der Waals surface area contributed by atoms with Gasteiger partial charge in [-0.2, -0.15) is 0 Å². The zero-order valence-electron chi connectivity index (χ0n) is 30.6. The zero-order chi connectivity index (χ0) is 37.5. The van der Waals surface area contributed by atoms with Gasteiger partial charge in [-0.3, -0.25) is 0 Å². The molecule has 0 aliphatic rings. The van der Waals surface area contributed by atoms with Crippen molar-refractivity contribution in [2.24, 2.45) is 0 Å². The number of benzene rings is 8. The van der Waals surface area contributed by atoms with Crippen LogP contribution in [0.1, 0.15) is 0 Å². The lowest BCUT2D eigenvalue weighted by Crippen LogP contribution is -1.96. The highest BCUT2D eigenvalue weighted by atomic mass is 16.3. The number of hydrogen-bond donors (Lipinski definition) is 0. The first kappa shape index (κ1) is 31.6. The summed E-state index contributed by atoms with van der Waals surface area (Å²) in [7, 11) is 0. The maximum Gasteiger partial charge on any atom is 0.160 e. The van der Waals surface area contributed by atoms with Gasteiger partial charge in [-0.05, 0) is 65.7 Å². The first-order valence-electron chi connectivity index (χ1n) is 19.1. The maximum absolute atomic E-state index is 7.09. The van der Waals surface area contributed by atoms with Crippen LogP contribution in [0, 0.1) is 0 Å². The molecule has 0 N–H and O–H groups in total. The summed E-state index contributed by atoms with van der Waals surface area (Å²) in [5.41, 5.74) is 13.2. The zero-order valence-corrected chi connectivity index (χ0v) is 30.6. The third-order valence-electron chi connectivity index (χ3n) is 11.2. The predicted octanol–water partition coefficient (Wildman–Crippen LogP) is 14.0. The van der Waals surface area contributed by atoms with Gasteiger partial charge in [0.2, 0.25) is 0 Å². The molecule has 0 amide bonds. The smallest absolute Gasteiger partial charge is 0.160 e. The van der Waals surface area contributed by atoms with Gasteiger partial charge in [-0.15, -0.1) is 0 Å². The quantitative estimate of drug-likeness (QED) is 0.177. The predicted molar refractivity (Wildman–Crippen MR) is 233 cm³/mol. The minimum absolute atomic E-state index is 0.608. The Morgan fingerprint density at radius 2 is 0.982 bits per heavy atom. The molecule has 0 unspecified atom stereocenters. The molecule has 0 fully saturated rings. The Hall–Kier alpha value is -7.76. The number of hydrogen-bond acceptors (Lipinski definition) is 4. The van der Waals surface area contributed by atoms with E-state index in [1.807, 2.05) is 24.3 Å². The maximum atomic E-state index is 7.09. The van der Waals surface area contributed by atoms with Gasteiger partial charge in [-0.1, -0.05) is 133 Å². The SMILES string of the molecule is c1ccc(-c2ccc(-c3cc(-c4cccc5c4oc4c5ccc5c6ccccc6n(-c6ccccc6)c54)nc(-c4ccc5c(c4)oc4ccccc45)n3)cc2)cc1. The Morgan fingerprint density at radius 3 is 1.84 bits per heavy atom. The summed E-state index contributed by atoms with van der Waals surface area (Å²) < 4.78 is 15.7. The van der Waals surface area contributed by atoms with Crippen molar-refractivity contribution in [2.45, 2.75) is 0 Å². The van der Waals surface area contributed by atoms with Gasteiger partial charge >= 0.3 is 0 Å². The fourth-order valence-corrected chi connectivity index (χ4v) is 8.54. The summed E-state index contributed by atoms with van der Waals surface area (Å²) in [5.74, 6) is 0.608. The van der Waals surface area contributed by atoms with Crippen LogP contribution in [0.2, 0.25) is 0 Å². The van der Waals surface area contributed by atoms with Crippen LogP contribution in [0.15, 0.2) is 197 Å². The molecule has 0 spiro atoms. The molecule has 12 aromatic rings. The topological polar surface area (TPSA) is 57.0 Å². The number of rotatable bonds is 5. The van der Waals surface area contributed by atoms with Crippen LogP contribution in [-0.4, -0.2) is 14.5 Å². The van der Waals surface area contributed by atoms with E-state index in [4.69, 9.17) is 18.8 Å². The molecule has 5 heteroatoms. The molecule has 0 saturated carbocycles. The van der Waals surface area contributed by atoms with Crippen LogP contribution in [0.5, 0.6) is 0 Å². The molecule has 5 nitrogen and oxygen atoms in total. The summed E-state index contributed by atoms with van der Waals surface area (Å²) in [5, 5.41) is 6.57. The third-order valence-corrected chi connectivity index (χ3v) is 11.2. The molecule has 4 heterocycles. The summed E-state index contributed by atoms with van der Waals surface area (Å²) in [6, 6.07) is 65.4. The molecule has 4 aromatic heterocycles. The van der Waals surface area contributed by atoms with Crippen LogP contribution < -0.4 is 0 Å². The molecule has 0 aliphatic heterocycles. The molecule has 0 radical (unpaired) electrons. The van der Waals surface area contributed by atoms with E-state index in [1.54, 1.807) is 0 Å². The summed E-state index contributed by atoms with van der Waals surface area (Å²) in [6.45, 7) is 0. The molecule has 12 rings (SSSR count). The summed E-state index contributed by atoms with van der Waals surface area (Å²) in [6.07, 6.45) is 0. The Balaban J connectivity index is 1.09. The van der Waals surface area contributed by atoms with E-state index >= 15 is 0 Å². The minimum Gasteiger partial charge on any atom is -0.456 e. The van der Waals surface area contributed by atoms with Gasteiger partial charge in [0, 0.05) is 54.7 Å². The highest BCUT2D eigenvalue weighted by molar-refractivity contribution is 6.22. The van der Waals surface area contributed by atoms with E-state index in [2.05, 4.69) is 168 Å². The van der Waals surface area contributed by atoms with E-state index in [0.717, 1.165) is 99.6 Å². The fourth-order valence-electron chi connectivity index (χ4n) is 8.54. The van der Waals surface area contributed by atoms with Gasteiger partial charge in [-0.25, -0.2) is 9.97 Å². The van der Waals surface area contributed by atoms with E-state index in [1.165, 1.54) is 10.9 Å². The van der Waals surface area contributed by atoms with Gasteiger partial charge in [0.05, 0.1) is 22.4 Å². The Morgan fingerprint density at radius 1 is 0.368 bits per heavy atom. The third kappa shape index (κ3) is 4.96. The number of nitrogens with zero attached hydrogens (tertiary/aromatic N) is 3. The van der Waals surface area contributed by atoms with Gasteiger partial charge in [0.15, 0.2) is 11.4 Å². The van der Waals surface area contributed by atoms with Crippen LogP contribution >= 0.6 is 0 Å². The highest BCUT2D eigenvalue weighted by Gasteiger charge is 2.22. The number of fused-ring (bicyclic) bond motifs is 10. The summed E-state index contributed by atoms with van der Waals surface area (Å²) in [4.78, 5) is 10.5. The highest BCUT2D eigenvalue weighted by Crippen LogP contribution is 2.43. The van der Waals surface area contributed by atoms with Gasteiger partial charge in [0.1, 0.15) is 16.7 Å². The molecule has 57 heavy (non-hydrogen) atoms. The lowest BCUT2D eigenvalue weighted by Gasteiger charge is -2.10. The second-order valence-electron chi connectivity index (χ2n) is 14.5. The average Bonchev–Trinajstić information content (AvgIpc) is 3.96.